The molecular weight excluding hydrogens is 543 g/mol. The molecule has 42 heavy (non-hydrogen) atoms. The van der Waals surface area contributed by atoms with Gasteiger partial charge in [0, 0.05) is 50.5 Å². The highest BCUT2D eigenvalue weighted by Gasteiger charge is 2.41. The molecule has 0 radical (unpaired) electrons. The number of hydrogen-bond acceptors (Lipinski definition) is 5. The molecule has 3 aromatic rings. The van der Waals surface area contributed by atoms with Crippen LogP contribution in [-0.4, -0.2) is 62.8 Å². The molecule has 2 unspecified atom stereocenters. The van der Waals surface area contributed by atoms with Crippen LogP contribution < -0.4 is 11.1 Å². The summed E-state index contributed by atoms with van der Waals surface area (Å²) in [5, 5.41) is 11.5. The minimum Gasteiger partial charge on any atom is -0.395 e. The van der Waals surface area contributed by atoms with E-state index in [0.29, 0.717) is 42.1 Å². The van der Waals surface area contributed by atoms with Gasteiger partial charge in [-0.05, 0) is 79.3 Å². The topological polar surface area (TPSA) is 65.2 Å². The number of nitrogens with one attached hydrogen (secondary N) is 1. The van der Waals surface area contributed by atoms with Crippen molar-refractivity contribution in [3.8, 4) is 5.69 Å². The number of hydrazine groups is 1. The zero-order chi connectivity index (χ0) is 29.6. The van der Waals surface area contributed by atoms with Gasteiger partial charge in [0.05, 0.1) is 23.4 Å². The van der Waals surface area contributed by atoms with Gasteiger partial charge in [-0.25, -0.2) is 9.80 Å². The number of hydrogen-bond donors (Lipinski definition) is 2. The number of piperidine rings is 1. The van der Waals surface area contributed by atoms with Crippen molar-refractivity contribution < 1.29 is 18.3 Å². The summed E-state index contributed by atoms with van der Waals surface area (Å²) in [6.45, 7) is 7.95. The number of pyridine rings is 1. The Morgan fingerprint density at radius 1 is 1.07 bits per heavy atom. The van der Waals surface area contributed by atoms with Crippen LogP contribution in [0.15, 0.2) is 47.5 Å². The Morgan fingerprint density at radius 2 is 1.88 bits per heavy atom. The lowest BCUT2D eigenvalue weighted by Gasteiger charge is -2.39. The number of fused-ring (bicyclic) bond motifs is 1. The summed E-state index contributed by atoms with van der Waals surface area (Å²) in [7, 11) is 0. The molecule has 0 amide bonds. The van der Waals surface area contributed by atoms with E-state index in [4.69, 9.17) is 0 Å². The minimum absolute atomic E-state index is 0.0833. The van der Waals surface area contributed by atoms with Crippen LogP contribution in [0.25, 0.3) is 11.2 Å². The summed E-state index contributed by atoms with van der Waals surface area (Å²) in [6.07, 6.45) is 3.94. The number of aliphatic hydroxyl groups is 1. The summed E-state index contributed by atoms with van der Waals surface area (Å²) in [6, 6.07) is 9.16. The molecule has 228 valence electrons. The second-order valence-electron chi connectivity index (χ2n) is 12.9. The highest BCUT2D eigenvalue weighted by molar-refractivity contribution is 5.58. The van der Waals surface area contributed by atoms with E-state index in [1.165, 1.54) is 27.7 Å². The van der Waals surface area contributed by atoms with Crippen LogP contribution >= 0.6 is 0 Å². The normalized spacial score (nSPS) is 25.2. The zero-order valence-corrected chi connectivity index (χ0v) is 24.5. The standard InChI is InChI=1S/C32H42F3N5O2/c1-21-6-5-11-37(16-21)18-23-14-27(32(33,34)35)28-20-39(31(42)40(28)19-23)26-10-4-9-25(15-26)29(24-7-3-8-24)30-22(2)17-38(36-30)12-13-41/h4,9-10,14-15,19-22,24,29-30,36,41H,3,5-8,11-13,16-18H2,1-2H3/t21-,22?,29-,30?/m0/s1. The van der Waals surface area contributed by atoms with Crippen LogP contribution in [0.1, 0.15) is 68.6 Å². The van der Waals surface area contributed by atoms with Gasteiger partial charge in [-0.2, -0.15) is 13.2 Å². The summed E-state index contributed by atoms with van der Waals surface area (Å²) in [4.78, 5) is 15.9. The lowest BCUT2D eigenvalue weighted by atomic mass is 9.68. The van der Waals surface area contributed by atoms with Gasteiger partial charge in [-0.15, -0.1) is 0 Å². The number of likely N-dealkylation sites (tertiary alicyclic amines) is 1. The predicted octanol–water partition coefficient (Wildman–Crippen LogP) is 5.04. The van der Waals surface area contributed by atoms with Crippen molar-refractivity contribution in [2.24, 2.45) is 17.8 Å². The fourth-order valence-corrected chi connectivity index (χ4v) is 7.45. The van der Waals surface area contributed by atoms with Gasteiger partial charge in [-0.3, -0.25) is 19.3 Å². The lowest BCUT2D eigenvalue weighted by Crippen LogP contribution is -2.43. The maximum absolute atomic E-state index is 14.3. The Bertz CT molecular complexity index is 1460. The van der Waals surface area contributed by atoms with Gasteiger partial charge in [0.25, 0.3) is 0 Å². The van der Waals surface area contributed by atoms with Crippen LogP contribution in [0.2, 0.25) is 0 Å². The first-order chi connectivity index (χ1) is 20.1. The molecule has 3 fully saturated rings. The minimum atomic E-state index is -4.59. The Labute approximate surface area is 244 Å². The van der Waals surface area contributed by atoms with E-state index in [1.54, 1.807) is 12.3 Å². The maximum atomic E-state index is 14.3. The molecule has 2 aliphatic heterocycles. The van der Waals surface area contributed by atoms with Gasteiger partial charge in [0.15, 0.2) is 0 Å². The van der Waals surface area contributed by atoms with Gasteiger partial charge in [0.1, 0.15) is 0 Å². The van der Waals surface area contributed by atoms with E-state index in [2.05, 4.69) is 35.2 Å². The quantitative estimate of drug-likeness (QED) is 0.388. The average molecular weight is 586 g/mol. The van der Waals surface area contributed by atoms with Gasteiger partial charge < -0.3 is 5.11 Å². The van der Waals surface area contributed by atoms with Crippen molar-refractivity contribution in [2.75, 3.05) is 32.8 Å². The Morgan fingerprint density at radius 3 is 2.57 bits per heavy atom. The van der Waals surface area contributed by atoms with E-state index in [0.717, 1.165) is 50.9 Å². The van der Waals surface area contributed by atoms with E-state index in [1.807, 2.05) is 12.1 Å². The Kier molecular flexibility index (Phi) is 8.26. The number of β-amino-alcohol motifs (C(OH)–C–C–N with tert-alkyl or cyclic N) is 1. The molecule has 1 saturated carbocycles. The lowest BCUT2D eigenvalue weighted by molar-refractivity contribution is -0.136. The molecule has 1 aliphatic carbocycles. The molecule has 10 heteroatoms. The summed E-state index contributed by atoms with van der Waals surface area (Å²) >= 11 is 0. The fourth-order valence-electron chi connectivity index (χ4n) is 7.45. The molecule has 2 aromatic heterocycles. The van der Waals surface area contributed by atoms with E-state index >= 15 is 0 Å². The highest BCUT2D eigenvalue weighted by Crippen LogP contribution is 2.44. The first-order valence-electron chi connectivity index (χ1n) is 15.4. The Balaban J connectivity index is 1.37. The van der Waals surface area contributed by atoms with Gasteiger partial charge in [-0.1, -0.05) is 32.4 Å². The number of imidazole rings is 1. The highest BCUT2D eigenvalue weighted by atomic mass is 19.4. The molecule has 2 saturated heterocycles. The third-order valence-corrected chi connectivity index (χ3v) is 9.68. The first-order valence-corrected chi connectivity index (χ1v) is 15.4. The molecule has 0 bridgehead atoms. The molecule has 0 spiro atoms. The summed E-state index contributed by atoms with van der Waals surface area (Å²) in [5.74, 6) is 1.57. The van der Waals surface area contributed by atoms with E-state index < -0.39 is 17.4 Å². The molecule has 3 aliphatic rings. The van der Waals surface area contributed by atoms with Crippen LogP contribution in [0.5, 0.6) is 0 Å². The van der Waals surface area contributed by atoms with Crippen LogP contribution in [0.4, 0.5) is 13.2 Å². The van der Waals surface area contributed by atoms with Crippen molar-refractivity contribution in [1.82, 2.24) is 24.3 Å². The predicted molar refractivity (Wildman–Crippen MR) is 156 cm³/mol. The number of rotatable bonds is 8. The third kappa shape index (κ3) is 5.78. The molecular formula is C32H42F3N5O2. The SMILES string of the molecule is CC1CN(CCO)NC1[C@H](c1cccc(-n2cc3c(C(F)(F)F)cc(CN4CCC[C@H](C)C4)cn3c2=O)c1)C1CCC1. The van der Waals surface area contributed by atoms with Gasteiger partial charge >= 0.3 is 11.9 Å². The fraction of sp³-hybridized carbons (Fsp3) is 0.594. The van der Waals surface area contributed by atoms with E-state index in [9.17, 15) is 23.1 Å². The third-order valence-electron chi connectivity index (χ3n) is 9.68. The van der Waals surface area contributed by atoms with Crippen molar-refractivity contribution in [3.63, 3.8) is 0 Å². The van der Waals surface area contributed by atoms with Crippen LogP contribution in [0.3, 0.4) is 0 Å². The number of nitrogens with zero attached hydrogens (tertiary/aromatic N) is 4. The summed E-state index contributed by atoms with van der Waals surface area (Å²) in [5.41, 5.74) is 4.37. The second-order valence-corrected chi connectivity index (χ2v) is 12.9. The molecule has 1 aromatic carbocycles. The smallest absolute Gasteiger partial charge is 0.395 e. The van der Waals surface area contributed by atoms with Crippen molar-refractivity contribution in [2.45, 2.75) is 70.6 Å². The zero-order valence-electron chi connectivity index (χ0n) is 24.5. The molecule has 4 atom stereocenters. The maximum Gasteiger partial charge on any atom is 0.418 e. The molecule has 6 rings (SSSR count). The Hall–Kier alpha value is -2.66. The largest absolute Gasteiger partial charge is 0.418 e. The van der Waals surface area contributed by atoms with E-state index in [-0.39, 0.29) is 24.1 Å². The molecule has 7 nitrogen and oxygen atoms in total. The summed E-state index contributed by atoms with van der Waals surface area (Å²) < 4.78 is 45.5. The first kappa shape index (κ1) is 29.4. The van der Waals surface area contributed by atoms with Crippen molar-refractivity contribution in [3.05, 3.63) is 69.9 Å². The monoisotopic (exact) mass is 585 g/mol. The second kappa shape index (κ2) is 11.8. The number of halogens is 3. The van der Waals surface area contributed by atoms with Crippen LogP contribution in [0, 0.1) is 17.8 Å². The number of benzene rings is 1. The van der Waals surface area contributed by atoms with Crippen molar-refractivity contribution >= 4 is 5.52 Å². The molecule has 2 N–H and O–H groups in total. The van der Waals surface area contributed by atoms with Crippen molar-refractivity contribution in [1.29, 1.82) is 0 Å². The van der Waals surface area contributed by atoms with Crippen LogP contribution in [-0.2, 0) is 12.7 Å². The number of alkyl halides is 3. The molecule has 4 heterocycles. The number of aromatic nitrogens is 2. The van der Waals surface area contributed by atoms with Gasteiger partial charge in [0.2, 0.25) is 0 Å². The average Bonchev–Trinajstić information content (AvgIpc) is 3.44. The number of aliphatic hydroxyl groups excluding tert-OH is 1.